The summed E-state index contributed by atoms with van der Waals surface area (Å²) in [6, 6.07) is 0. The summed E-state index contributed by atoms with van der Waals surface area (Å²) in [6.45, 7) is 7.28. The number of hydrogen-bond acceptors (Lipinski definition) is 2. The maximum absolute atomic E-state index is 9.91. The van der Waals surface area contributed by atoms with Gasteiger partial charge in [0, 0.05) is 25.7 Å². The molecule has 0 amide bonds. The van der Waals surface area contributed by atoms with Gasteiger partial charge in [0.25, 0.3) is 0 Å². The minimum atomic E-state index is -5.00. The minimum Gasteiger partial charge on any atom is -0.390 e. The van der Waals surface area contributed by atoms with Crippen LogP contribution in [-0.4, -0.2) is 41.8 Å². The molecule has 0 aromatic heterocycles. The molecule has 0 spiro atoms. The Bertz CT molecular complexity index is 206. The lowest BCUT2D eigenvalue weighted by Gasteiger charge is -2.25. The molecular weight excluding hydrogens is 247 g/mol. The standard InChI is InChI=1S/C8H15NO.C3H8.CHF3O/c10-7-8-3-1-5-9(8)6-2-4-8;1-3-2;2-1(3,4)5/h10H,1-7H2;3H2,1-2H3;5H/p+1. The van der Waals surface area contributed by atoms with Crippen LogP contribution in [0.4, 0.5) is 13.2 Å². The molecule has 2 aliphatic heterocycles. The van der Waals surface area contributed by atoms with E-state index in [4.69, 9.17) is 5.11 Å². The van der Waals surface area contributed by atoms with E-state index in [0.29, 0.717) is 12.1 Å². The van der Waals surface area contributed by atoms with E-state index < -0.39 is 6.36 Å². The Balaban J connectivity index is 0.000000309. The van der Waals surface area contributed by atoms with Crippen LogP contribution in [0, 0.1) is 0 Å². The second-order valence-electron chi connectivity index (χ2n) is 4.92. The molecule has 0 aromatic carbocycles. The molecule has 0 aliphatic carbocycles. The highest BCUT2D eigenvalue weighted by Gasteiger charge is 2.47. The van der Waals surface area contributed by atoms with Crippen LogP contribution in [0.15, 0.2) is 0 Å². The molecule has 0 unspecified atom stereocenters. The van der Waals surface area contributed by atoms with Crippen molar-refractivity contribution >= 4 is 0 Å². The molecule has 0 radical (unpaired) electrons. The van der Waals surface area contributed by atoms with Crippen LogP contribution in [0.2, 0.25) is 0 Å². The zero-order valence-electron chi connectivity index (χ0n) is 11.2. The average molecular weight is 272 g/mol. The van der Waals surface area contributed by atoms with Crippen LogP contribution in [0.25, 0.3) is 0 Å². The van der Waals surface area contributed by atoms with Crippen molar-refractivity contribution in [2.75, 3.05) is 19.7 Å². The molecule has 2 fully saturated rings. The van der Waals surface area contributed by atoms with E-state index in [1.165, 1.54) is 45.2 Å². The Morgan fingerprint density at radius 3 is 1.67 bits per heavy atom. The van der Waals surface area contributed by atoms with Crippen molar-refractivity contribution in [2.45, 2.75) is 57.9 Å². The zero-order chi connectivity index (χ0) is 14.2. The van der Waals surface area contributed by atoms with Crippen LogP contribution in [0.1, 0.15) is 46.0 Å². The Morgan fingerprint density at radius 1 is 1.11 bits per heavy atom. The normalized spacial score (nSPS) is 29.8. The second-order valence-corrected chi connectivity index (χ2v) is 4.92. The number of hydrogen-bond donors (Lipinski definition) is 3. The number of quaternary nitrogens is 1. The SMILES string of the molecule is CCC.OC(F)(F)F.OCC12CCC[NH+]1CCC2. The molecule has 0 bridgehead atoms. The van der Waals surface area contributed by atoms with Crippen molar-refractivity contribution in [3.05, 3.63) is 0 Å². The fourth-order valence-electron chi connectivity index (χ4n) is 2.68. The molecule has 2 saturated heterocycles. The summed E-state index contributed by atoms with van der Waals surface area (Å²) in [5.41, 5.74) is 0.319. The van der Waals surface area contributed by atoms with Gasteiger partial charge in [-0.15, -0.1) is 13.2 Å². The third kappa shape index (κ3) is 6.56. The lowest BCUT2D eigenvalue weighted by Crippen LogP contribution is -3.16. The van der Waals surface area contributed by atoms with Crippen molar-refractivity contribution in [3.8, 4) is 0 Å². The van der Waals surface area contributed by atoms with E-state index in [2.05, 4.69) is 13.8 Å². The average Bonchev–Trinajstić information content (AvgIpc) is 2.73. The fraction of sp³-hybridized carbons (Fsp3) is 1.00. The predicted octanol–water partition coefficient (Wildman–Crippen LogP) is 1.10. The fourth-order valence-corrected chi connectivity index (χ4v) is 2.68. The first-order chi connectivity index (χ1) is 8.29. The summed E-state index contributed by atoms with van der Waals surface area (Å²) in [7, 11) is 0. The highest BCUT2D eigenvalue weighted by atomic mass is 19.4. The van der Waals surface area contributed by atoms with Gasteiger partial charge in [-0.25, -0.2) is 0 Å². The molecule has 0 aromatic rings. The van der Waals surface area contributed by atoms with Crippen LogP contribution >= 0.6 is 0 Å². The van der Waals surface area contributed by atoms with Gasteiger partial charge in [0.05, 0.1) is 19.7 Å². The van der Waals surface area contributed by atoms with Crippen molar-refractivity contribution in [2.24, 2.45) is 0 Å². The van der Waals surface area contributed by atoms with Gasteiger partial charge in [0.2, 0.25) is 0 Å². The maximum atomic E-state index is 9.91. The van der Waals surface area contributed by atoms with Crippen molar-refractivity contribution in [1.29, 1.82) is 0 Å². The Hall–Kier alpha value is -0.330. The molecule has 0 atom stereocenters. The van der Waals surface area contributed by atoms with E-state index in [9.17, 15) is 18.3 Å². The lowest BCUT2D eigenvalue weighted by atomic mass is 9.96. The minimum absolute atomic E-state index is 0.319. The smallest absolute Gasteiger partial charge is 0.390 e. The topological polar surface area (TPSA) is 44.9 Å². The number of alkyl halides is 3. The summed E-state index contributed by atoms with van der Waals surface area (Å²) in [5.74, 6) is 0. The highest BCUT2D eigenvalue weighted by molar-refractivity contribution is 4.85. The quantitative estimate of drug-likeness (QED) is 0.669. The van der Waals surface area contributed by atoms with Crippen molar-refractivity contribution in [1.82, 2.24) is 0 Å². The molecule has 0 saturated carbocycles. The first kappa shape index (κ1) is 17.7. The van der Waals surface area contributed by atoms with E-state index in [1.807, 2.05) is 0 Å². The van der Waals surface area contributed by atoms with Crippen LogP contribution < -0.4 is 4.90 Å². The molecule has 2 aliphatic rings. The van der Waals surface area contributed by atoms with Crippen LogP contribution in [0.5, 0.6) is 0 Å². The number of fused-ring (bicyclic) bond motifs is 1. The largest absolute Gasteiger partial charge is 0.519 e. The molecule has 2 rings (SSSR count). The summed E-state index contributed by atoms with van der Waals surface area (Å²) in [6.07, 6.45) is 1.43. The molecule has 6 heteroatoms. The molecule has 18 heavy (non-hydrogen) atoms. The first-order valence-corrected chi connectivity index (χ1v) is 6.54. The highest BCUT2D eigenvalue weighted by Crippen LogP contribution is 2.23. The van der Waals surface area contributed by atoms with Gasteiger partial charge in [-0.05, 0) is 0 Å². The first-order valence-electron chi connectivity index (χ1n) is 6.54. The Morgan fingerprint density at radius 2 is 1.44 bits per heavy atom. The second kappa shape index (κ2) is 7.96. The number of aliphatic hydroxyl groups excluding tert-OH is 1. The van der Waals surface area contributed by atoms with Gasteiger partial charge in [-0.3, -0.25) is 0 Å². The van der Waals surface area contributed by atoms with Gasteiger partial charge in [-0.2, -0.15) is 0 Å². The molecule has 3 N–H and O–H groups in total. The lowest BCUT2D eigenvalue weighted by molar-refractivity contribution is -0.926. The van der Waals surface area contributed by atoms with Gasteiger partial charge in [0.1, 0.15) is 5.54 Å². The van der Waals surface area contributed by atoms with E-state index in [1.54, 1.807) is 4.90 Å². The molecule has 3 nitrogen and oxygen atoms in total. The Kier molecular flexibility index (Phi) is 7.82. The number of nitrogens with one attached hydrogen (secondary N) is 1. The number of rotatable bonds is 1. The number of aliphatic hydroxyl groups is 2. The monoisotopic (exact) mass is 272 g/mol. The molecular formula is C12H25F3NO2+. The summed E-state index contributed by atoms with van der Waals surface area (Å²) in [4.78, 5) is 1.68. The third-order valence-electron chi connectivity index (χ3n) is 3.32. The van der Waals surface area contributed by atoms with Gasteiger partial charge in [0.15, 0.2) is 0 Å². The predicted molar refractivity (Wildman–Crippen MR) is 63.2 cm³/mol. The van der Waals surface area contributed by atoms with E-state index in [0.717, 1.165) is 0 Å². The summed E-state index contributed by atoms with van der Waals surface area (Å²) in [5, 5.41) is 15.7. The van der Waals surface area contributed by atoms with Crippen LogP contribution in [-0.2, 0) is 0 Å². The van der Waals surface area contributed by atoms with Crippen molar-refractivity contribution < 1.29 is 28.3 Å². The molecule has 2 heterocycles. The summed E-state index contributed by atoms with van der Waals surface area (Å²) >= 11 is 0. The Labute approximate surface area is 107 Å². The van der Waals surface area contributed by atoms with Crippen LogP contribution in [0.3, 0.4) is 0 Å². The zero-order valence-corrected chi connectivity index (χ0v) is 11.2. The van der Waals surface area contributed by atoms with Crippen molar-refractivity contribution in [3.63, 3.8) is 0 Å². The maximum Gasteiger partial charge on any atom is 0.519 e. The van der Waals surface area contributed by atoms with Gasteiger partial charge >= 0.3 is 6.36 Å². The van der Waals surface area contributed by atoms with E-state index >= 15 is 0 Å². The third-order valence-corrected chi connectivity index (χ3v) is 3.32. The summed E-state index contributed by atoms with van der Waals surface area (Å²) < 4.78 is 29.7. The van der Waals surface area contributed by atoms with Gasteiger partial charge in [-0.1, -0.05) is 20.3 Å². The number of halogens is 3. The van der Waals surface area contributed by atoms with Gasteiger partial charge < -0.3 is 15.1 Å². The molecule has 110 valence electrons. The van der Waals surface area contributed by atoms with E-state index in [-0.39, 0.29) is 0 Å².